The molecule has 1 aliphatic rings. The van der Waals surface area contributed by atoms with Crippen LogP contribution < -0.4 is 5.43 Å². The summed E-state index contributed by atoms with van der Waals surface area (Å²) in [6, 6.07) is 0. The zero-order chi connectivity index (χ0) is 8.97. The molecule has 72 valence electrons. The van der Waals surface area contributed by atoms with E-state index in [4.69, 9.17) is 0 Å². The molecule has 1 saturated heterocycles. The van der Waals surface area contributed by atoms with Gasteiger partial charge in [-0.15, -0.1) is 0 Å². The molecule has 1 heterocycles. The van der Waals surface area contributed by atoms with Gasteiger partial charge in [0.05, 0.1) is 6.67 Å². The van der Waals surface area contributed by atoms with E-state index >= 15 is 0 Å². The fraction of sp³-hybridized carbons (Fsp3) is 1.00. The molecule has 0 bridgehead atoms. The molecule has 0 saturated carbocycles. The molecule has 0 aromatic rings. The van der Waals surface area contributed by atoms with Crippen molar-refractivity contribution in [3.05, 3.63) is 0 Å². The van der Waals surface area contributed by atoms with E-state index in [9.17, 15) is 0 Å². The predicted molar refractivity (Wildman–Crippen MR) is 50.8 cm³/mol. The van der Waals surface area contributed by atoms with E-state index in [1.165, 1.54) is 26.2 Å². The molecule has 0 spiro atoms. The van der Waals surface area contributed by atoms with Crippen molar-refractivity contribution in [3.63, 3.8) is 0 Å². The highest BCUT2D eigenvalue weighted by Crippen LogP contribution is 1.98. The number of hydrogen-bond donors (Lipinski definition) is 1. The number of nitrogens with zero attached hydrogens (tertiary/aromatic N) is 3. The van der Waals surface area contributed by atoms with Crippen molar-refractivity contribution in [3.8, 4) is 0 Å². The first-order chi connectivity index (χ1) is 5.72. The maximum atomic E-state index is 3.10. The molecule has 12 heavy (non-hydrogen) atoms. The Bertz CT molecular complexity index is 120. The van der Waals surface area contributed by atoms with Gasteiger partial charge in [-0.1, -0.05) is 0 Å². The first kappa shape index (κ1) is 9.92. The predicted octanol–water partition coefficient (Wildman–Crippen LogP) is -0.742. The average Bonchev–Trinajstić information content (AvgIpc) is 2.09. The van der Waals surface area contributed by atoms with Crippen molar-refractivity contribution in [2.75, 3.05) is 54.0 Å². The smallest absolute Gasteiger partial charge is 0.0643 e. The first-order valence-corrected chi connectivity index (χ1v) is 4.52. The van der Waals surface area contributed by atoms with Crippen molar-refractivity contribution in [2.24, 2.45) is 0 Å². The standard InChI is InChI=1S/C8H20N4/c1-9-11(3)8-12-6-4-10(2)5-7-12/h9H,4-8H2,1-3H3. The molecule has 0 atom stereocenters. The Balaban J connectivity index is 2.17. The van der Waals surface area contributed by atoms with E-state index in [1.54, 1.807) is 0 Å². The molecule has 1 N–H and O–H groups in total. The number of rotatable bonds is 3. The maximum Gasteiger partial charge on any atom is 0.0643 e. The van der Waals surface area contributed by atoms with E-state index in [0.717, 1.165) is 6.67 Å². The number of likely N-dealkylation sites (N-methyl/N-ethyl adjacent to an activating group) is 1. The lowest BCUT2D eigenvalue weighted by Crippen LogP contribution is -2.50. The summed E-state index contributed by atoms with van der Waals surface area (Å²) in [7, 11) is 6.20. The highest BCUT2D eigenvalue weighted by atomic mass is 15.5. The van der Waals surface area contributed by atoms with Crippen LogP contribution in [0.4, 0.5) is 0 Å². The second-order valence-corrected chi connectivity index (χ2v) is 3.48. The minimum Gasteiger partial charge on any atom is -0.304 e. The Labute approximate surface area is 75.1 Å². The third-order valence-corrected chi connectivity index (χ3v) is 2.39. The Morgan fingerprint density at radius 2 is 1.83 bits per heavy atom. The minimum absolute atomic E-state index is 1.02. The SMILES string of the molecule is CNN(C)CN1CCN(C)CC1. The van der Waals surface area contributed by atoms with E-state index in [-0.39, 0.29) is 0 Å². The van der Waals surface area contributed by atoms with Gasteiger partial charge in [0.2, 0.25) is 0 Å². The zero-order valence-corrected chi connectivity index (χ0v) is 8.38. The lowest BCUT2D eigenvalue weighted by Gasteiger charge is -2.34. The van der Waals surface area contributed by atoms with Crippen LogP contribution in [0.15, 0.2) is 0 Å². The van der Waals surface area contributed by atoms with E-state index in [2.05, 4.69) is 34.3 Å². The summed E-state index contributed by atoms with van der Waals surface area (Å²) in [6.07, 6.45) is 0. The fourth-order valence-electron chi connectivity index (χ4n) is 1.36. The first-order valence-electron chi connectivity index (χ1n) is 4.52. The Morgan fingerprint density at radius 1 is 1.25 bits per heavy atom. The van der Waals surface area contributed by atoms with Crippen molar-refractivity contribution in [1.82, 2.24) is 20.2 Å². The number of hydrogen-bond acceptors (Lipinski definition) is 4. The van der Waals surface area contributed by atoms with Crippen molar-refractivity contribution in [1.29, 1.82) is 0 Å². The molecular weight excluding hydrogens is 152 g/mol. The molecule has 1 aliphatic heterocycles. The molecule has 1 rings (SSSR count). The maximum absolute atomic E-state index is 3.10. The van der Waals surface area contributed by atoms with Gasteiger partial charge < -0.3 is 4.90 Å². The molecule has 4 nitrogen and oxygen atoms in total. The second kappa shape index (κ2) is 4.77. The second-order valence-electron chi connectivity index (χ2n) is 3.48. The molecule has 0 aliphatic carbocycles. The number of hydrazine groups is 1. The van der Waals surface area contributed by atoms with Gasteiger partial charge in [-0.05, 0) is 14.1 Å². The lowest BCUT2D eigenvalue weighted by molar-refractivity contribution is 0.0769. The van der Waals surface area contributed by atoms with Crippen molar-refractivity contribution in [2.45, 2.75) is 0 Å². The van der Waals surface area contributed by atoms with Crippen LogP contribution in [0.1, 0.15) is 0 Å². The highest BCUT2D eigenvalue weighted by molar-refractivity contribution is 4.67. The highest BCUT2D eigenvalue weighted by Gasteiger charge is 2.13. The summed E-state index contributed by atoms with van der Waals surface area (Å²) in [5.41, 5.74) is 3.10. The monoisotopic (exact) mass is 172 g/mol. The molecule has 0 aromatic carbocycles. The van der Waals surface area contributed by atoms with Gasteiger partial charge in [0.25, 0.3) is 0 Å². The molecule has 0 amide bonds. The molecule has 1 fully saturated rings. The third-order valence-electron chi connectivity index (χ3n) is 2.39. The molecular formula is C8H20N4. The summed E-state index contributed by atoms with van der Waals surface area (Å²) in [4.78, 5) is 4.83. The van der Waals surface area contributed by atoms with Gasteiger partial charge in [0.15, 0.2) is 0 Å². The van der Waals surface area contributed by atoms with Gasteiger partial charge in [-0.25, -0.2) is 5.01 Å². The summed E-state index contributed by atoms with van der Waals surface area (Å²) in [6.45, 7) is 5.77. The molecule has 4 heteroatoms. The average molecular weight is 172 g/mol. The van der Waals surface area contributed by atoms with Crippen LogP contribution in [0.25, 0.3) is 0 Å². The summed E-state index contributed by atoms with van der Waals surface area (Å²) < 4.78 is 0. The fourth-order valence-corrected chi connectivity index (χ4v) is 1.36. The van der Waals surface area contributed by atoms with Crippen LogP contribution in [0, 0.1) is 0 Å². The molecule has 0 unspecified atom stereocenters. The van der Waals surface area contributed by atoms with Crippen LogP contribution in [-0.4, -0.2) is 68.8 Å². The summed E-state index contributed by atoms with van der Waals surface area (Å²) >= 11 is 0. The van der Waals surface area contributed by atoms with E-state index in [1.807, 2.05) is 7.05 Å². The van der Waals surface area contributed by atoms with E-state index in [0.29, 0.717) is 0 Å². The summed E-state index contributed by atoms with van der Waals surface area (Å²) in [5.74, 6) is 0. The van der Waals surface area contributed by atoms with Crippen molar-refractivity contribution < 1.29 is 0 Å². The van der Waals surface area contributed by atoms with Gasteiger partial charge in [0.1, 0.15) is 0 Å². The largest absolute Gasteiger partial charge is 0.304 e. The van der Waals surface area contributed by atoms with Crippen LogP contribution >= 0.6 is 0 Å². The molecule has 0 radical (unpaired) electrons. The van der Waals surface area contributed by atoms with Gasteiger partial charge in [0, 0.05) is 33.2 Å². The van der Waals surface area contributed by atoms with Crippen LogP contribution in [0.3, 0.4) is 0 Å². The van der Waals surface area contributed by atoms with E-state index < -0.39 is 0 Å². The quantitative estimate of drug-likeness (QED) is 0.566. The summed E-state index contributed by atoms with van der Waals surface area (Å²) in [5, 5.41) is 2.10. The third kappa shape index (κ3) is 3.06. The van der Waals surface area contributed by atoms with Gasteiger partial charge in [-0.2, -0.15) is 0 Å². The van der Waals surface area contributed by atoms with Gasteiger partial charge >= 0.3 is 0 Å². The Kier molecular flexibility index (Phi) is 3.94. The van der Waals surface area contributed by atoms with Crippen LogP contribution in [0.5, 0.6) is 0 Å². The normalized spacial score (nSPS) is 22.0. The van der Waals surface area contributed by atoms with Crippen LogP contribution in [-0.2, 0) is 0 Å². The molecule has 0 aromatic heterocycles. The number of piperazine rings is 1. The minimum atomic E-state index is 1.02. The van der Waals surface area contributed by atoms with Crippen LogP contribution in [0.2, 0.25) is 0 Å². The Hall–Kier alpha value is -0.160. The number of nitrogens with one attached hydrogen (secondary N) is 1. The zero-order valence-electron chi connectivity index (χ0n) is 8.38. The lowest BCUT2D eigenvalue weighted by atomic mass is 10.3. The Morgan fingerprint density at radius 3 is 2.33 bits per heavy atom. The van der Waals surface area contributed by atoms with Crippen molar-refractivity contribution >= 4 is 0 Å². The van der Waals surface area contributed by atoms with Gasteiger partial charge in [-0.3, -0.25) is 10.3 Å². The topological polar surface area (TPSA) is 21.8 Å².